The summed E-state index contributed by atoms with van der Waals surface area (Å²) in [5.41, 5.74) is 0.653. The van der Waals surface area contributed by atoms with Gasteiger partial charge in [-0.15, -0.1) is 0 Å². The Balaban J connectivity index is 2.31. The molecule has 0 aliphatic carbocycles. The van der Waals surface area contributed by atoms with E-state index in [0.717, 1.165) is 5.46 Å². The molecular formula is C16H26BNO4S. The van der Waals surface area contributed by atoms with E-state index in [4.69, 9.17) is 9.31 Å². The topological polar surface area (TPSA) is 64.6 Å². The summed E-state index contributed by atoms with van der Waals surface area (Å²) in [4.78, 5) is 0.284. The summed E-state index contributed by atoms with van der Waals surface area (Å²) in [6, 6.07) is 5.03. The molecule has 0 saturated carbocycles. The van der Waals surface area contributed by atoms with E-state index in [1.54, 1.807) is 32.9 Å². The molecule has 0 atom stereocenters. The van der Waals surface area contributed by atoms with Gasteiger partial charge in [-0.25, -0.2) is 13.1 Å². The zero-order valence-corrected chi connectivity index (χ0v) is 15.7. The number of aryl methyl sites for hydroxylation is 1. The standard InChI is InChI=1S/C16H26BNO4S/c1-11(2)18-23(19,20)14-9-8-13(10-12(14)3)17-21-15(4,5)16(6,7)22-17/h8-11,18H,1-7H3. The average Bonchev–Trinajstić information content (AvgIpc) is 2.56. The number of benzene rings is 1. The van der Waals surface area contributed by atoms with Gasteiger partial charge in [-0.1, -0.05) is 12.1 Å². The van der Waals surface area contributed by atoms with Crippen molar-refractivity contribution < 1.29 is 17.7 Å². The van der Waals surface area contributed by atoms with Crippen molar-refractivity contribution in [2.75, 3.05) is 0 Å². The lowest BCUT2D eigenvalue weighted by molar-refractivity contribution is 0.00578. The van der Waals surface area contributed by atoms with Gasteiger partial charge in [0.05, 0.1) is 16.1 Å². The zero-order chi connectivity index (χ0) is 17.6. The SMILES string of the molecule is Cc1cc(B2OC(C)(C)C(C)(C)O2)ccc1S(=O)(=O)NC(C)C. The quantitative estimate of drug-likeness (QED) is 0.852. The van der Waals surface area contributed by atoms with E-state index in [9.17, 15) is 8.42 Å². The van der Waals surface area contributed by atoms with E-state index < -0.39 is 28.3 Å². The van der Waals surface area contributed by atoms with Crippen LogP contribution in [0.15, 0.2) is 23.1 Å². The van der Waals surface area contributed by atoms with Gasteiger partial charge in [-0.3, -0.25) is 0 Å². The first-order valence-corrected chi connectivity index (χ1v) is 9.32. The maximum atomic E-state index is 12.3. The van der Waals surface area contributed by atoms with E-state index in [-0.39, 0.29) is 10.9 Å². The van der Waals surface area contributed by atoms with Crippen LogP contribution in [0.5, 0.6) is 0 Å². The van der Waals surface area contributed by atoms with Crippen LogP contribution in [0.4, 0.5) is 0 Å². The highest BCUT2D eigenvalue weighted by Crippen LogP contribution is 2.36. The number of rotatable bonds is 4. The summed E-state index contributed by atoms with van der Waals surface area (Å²) in [5.74, 6) is 0. The molecule has 5 nitrogen and oxygen atoms in total. The molecule has 1 heterocycles. The van der Waals surface area contributed by atoms with Gasteiger partial charge >= 0.3 is 7.12 Å². The molecule has 1 fully saturated rings. The lowest BCUT2D eigenvalue weighted by atomic mass is 9.78. The molecule has 0 radical (unpaired) electrons. The Kier molecular flexibility index (Phi) is 4.72. The van der Waals surface area contributed by atoms with E-state index in [1.807, 2.05) is 33.8 Å². The second-order valence-electron chi connectivity index (χ2n) is 7.39. The van der Waals surface area contributed by atoms with Crippen LogP contribution in [0, 0.1) is 6.92 Å². The molecule has 1 aromatic carbocycles. The van der Waals surface area contributed by atoms with Crippen LogP contribution in [0.2, 0.25) is 0 Å². The average molecular weight is 339 g/mol. The molecule has 1 N–H and O–H groups in total. The van der Waals surface area contributed by atoms with Gasteiger partial charge in [-0.2, -0.15) is 0 Å². The van der Waals surface area contributed by atoms with Crippen LogP contribution in [-0.2, 0) is 19.3 Å². The molecule has 0 spiro atoms. The second-order valence-corrected chi connectivity index (χ2v) is 9.07. The summed E-state index contributed by atoms with van der Waals surface area (Å²) >= 11 is 0. The number of hydrogen-bond acceptors (Lipinski definition) is 4. The zero-order valence-electron chi connectivity index (χ0n) is 14.9. The number of sulfonamides is 1. The largest absolute Gasteiger partial charge is 0.494 e. The van der Waals surface area contributed by atoms with Crippen molar-refractivity contribution in [1.82, 2.24) is 4.72 Å². The summed E-state index contributed by atoms with van der Waals surface area (Å²) in [6.45, 7) is 13.3. The fourth-order valence-corrected chi connectivity index (χ4v) is 3.95. The lowest BCUT2D eigenvalue weighted by Gasteiger charge is -2.32. The van der Waals surface area contributed by atoms with Crippen molar-refractivity contribution in [1.29, 1.82) is 0 Å². The minimum atomic E-state index is -3.51. The molecule has 1 aliphatic rings. The van der Waals surface area contributed by atoms with Crippen LogP contribution >= 0.6 is 0 Å². The molecular weight excluding hydrogens is 313 g/mol. The highest BCUT2D eigenvalue weighted by molar-refractivity contribution is 7.89. The Labute approximate surface area is 140 Å². The Hall–Kier alpha value is -0.885. The van der Waals surface area contributed by atoms with E-state index in [0.29, 0.717) is 5.56 Å². The van der Waals surface area contributed by atoms with Gasteiger partial charge < -0.3 is 9.31 Å². The first-order chi connectivity index (χ1) is 10.4. The fraction of sp³-hybridized carbons (Fsp3) is 0.625. The van der Waals surface area contributed by atoms with Gasteiger partial charge in [0.25, 0.3) is 0 Å². The lowest BCUT2D eigenvalue weighted by Crippen LogP contribution is -2.41. The number of nitrogens with one attached hydrogen (secondary N) is 1. The molecule has 1 aliphatic heterocycles. The van der Waals surface area contributed by atoms with E-state index in [2.05, 4.69) is 4.72 Å². The normalized spacial score (nSPS) is 20.3. The van der Waals surface area contributed by atoms with Crippen LogP contribution in [-0.4, -0.2) is 32.8 Å². The maximum absolute atomic E-state index is 12.3. The van der Waals surface area contributed by atoms with Crippen LogP contribution < -0.4 is 10.2 Å². The van der Waals surface area contributed by atoms with Gasteiger partial charge in [0, 0.05) is 6.04 Å². The Morgan fingerprint density at radius 1 is 1.09 bits per heavy atom. The summed E-state index contributed by atoms with van der Waals surface area (Å²) < 4.78 is 39.3. The third kappa shape index (κ3) is 3.63. The van der Waals surface area contributed by atoms with Crippen molar-refractivity contribution in [3.63, 3.8) is 0 Å². The second kappa shape index (κ2) is 5.88. The molecule has 0 unspecified atom stereocenters. The first kappa shape index (κ1) is 18.5. The molecule has 0 bridgehead atoms. The van der Waals surface area contributed by atoms with E-state index >= 15 is 0 Å². The van der Waals surface area contributed by atoms with Crippen molar-refractivity contribution >= 4 is 22.6 Å². The minimum absolute atomic E-state index is 0.151. The monoisotopic (exact) mass is 339 g/mol. The highest BCUT2D eigenvalue weighted by Gasteiger charge is 2.51. The van der Waals surface area contributed by atoms with E-state index in [1.165, 1.54) is 0 Å². The summed E-state index contributed by atoms with van der Waals surface area (Å²) in [5, 5.41) is 0. The van der Waals surface area contributed by atoms with Crippen molar-refractivity contribution in [2.45, 2.75) is 70.6 Å². The van der Waals surface area contributed by atoms with Crippen LogP contribution in [0.25, 0.3) is 0 Å². The molecule has 0 amide bonds. The smallest absolute Gasteiger partial charge is 0.399 e. The van der Waals surface area contributed by atoms with Gasteiger partial charge in [0.2, 0.25) is 10.0 Å². The number of hydrogen-bond donors (Lipinski definition) is 1. The Bertz CT molecular complexity index is 682. The fourth-order valence-electron chi connectivity index (χ4n) is 2.47. The molecule has 1 aromatic rings. The third-order valence-electron chi connectivity index (χ3n) is 4.40. The maximum Gasteiger partial charge on any atom is 0.494 e. The van der Waals surface area contributed by atoms with Gasteiger partial charge in [0.15, 0.2) is 0 Å². The molecule has 128 valence electrons. The van der Waals surface area contributed by atoms with Gasteiger partial charge in [0.1, 0.15) is 0 Å². The predicted molar refractivity (Wildman–Crippen MR) is 92.4 cm³/mol. The minimum Gasteiger partial charge on any atom is -0.399 e. The van der Waals surface area contributed by atoms with Crippen LogP contribution in [0.3, 0.4) is 0 Å². The highest BCUT2D eigenvalue weighted by atomic mass is 32.2. The van der Waals surface area contributed by atoms with Gasteiger partial charge in [-0.05, 0) is 65.6 Å². The van der Waals surface area contributed by atoms with Crippen LogP contribution in [0.1, 0.15) is 47.1 Å². The molecule has 1 saturated heterocycles. The Morgan fingerprint density at radius 3 is 2.04 bits per heavy atom. The molecule has 23 heavy (non-hydrogen) atoms. The van der Waals surface area contributed by atoms with Crippen molar-refractivity contribution in [2.24, 2.45) is 0 Å². The predicted octanol–water partition coefficient (Wildman–Crippen LogP) is 1.98. The molecule has 7 heteroatoms. The molecule has 2 rings (SSSR count). The van der Waals surface area contributed by atoms with Crippen molar-refractivity contribution in [3.8, 4) is 0 Å². The Morgan fingerprint density at radius 2 is 1.61 bits per heavy atom. The first-order valence-electron chi connectivity index (χ1n) is 7.84. The third-order valence-corrected chi connectivity index (χ3v) is 6.22. The van der Waals surface area contributed by atoms with Crippen molar-refractivity contribution in [3.05, 3.63) is 23.8 Å². The summed E-state index contributed by atoms with van der Waals surface area (Å²) in [7, 11) is -4.00. The summed E-state index contributed by atoms with van der Waals surface area (Å²) in [6.07, 6.45) is 0. The molecule has 0 aromatic heterocycles.